The zero-order valence-corrected chi connectivity index (χ0v) is 18.2. The SMILES string of the molecule is Cc1ccc(S(=O)(=O)N2CC(=O)CN(S(=O)(=O)c3ccc(C)cc3)[C@H](C)C2)cc1. The lowest BCUT2D eigenvalue weighted by molar-refractivity contribution is -0.118. The summed E-state index contributed by atoms with van der Waals surface area (Å²) in [6.45, 7) is 4.48. The molecule has 0 spiro atoms. The Bertz CT molecular complexity index is 1110. The predicted octanol–water partition coefficient (Wildman–Crippen LogP) is 1.96. The van der Waals surface area contributed by atoms with Gasteiger partial charge < -0.3 is 0 Å². The molecule has 1 aliphatic rings. The molecule has 2 aromatic carbocycles. The number of aryl methyl sites for hydroxylation is 2. The third-order valence-corrected chi connectivity index (χ3v) is 8.73. The summed E-state index contributed by atoms with van der Waals surface area (Å²) < 4.78 is 54.3. The largest absolute Gasteiger partial charge is 0.297 e. The molecule has 0 radical (unpaired) electrons. The summed E-state index contributed by atoms with van der Waals surface area (Å²) >= 11 is 0. The van der Waals surface area contributed by atoms with E-state index in [9.17, 15) is 21.6 Å². The summed E-state index contributed by atoms with van der Waals surface area (Å²) in [5, 5.41) is 0. The second kappa shape index (κ2) is 7.98. The summed E-state index contributed by atoms with van der Waals surface area (Å²) in [4.78, 5) is 12.7. The molecule has 2 aromatic rings. The summed E-state index contributed by atoms with van der Waals surface area (Å²) in [7, 11) is -7.85. The van der Waals surface area contributed by atoms with Crippen molar-refractivity contribution in [3.8, 4) is 0 Å². The van der Waals surface area contributed by atoms with Crippen LogP contribution in [0.4, 0.5) is 0 Å². The van der Waals surface area contributed by atoms with Crippen LogP contribution in [0, 0.1) is 13.8 Å². The maximum atomic E-state index is 13.1. The fourth-order valence-corrected chi connectivity index (χ4v) is 6.35. The Morgan fingerprint density at radius 3 is 1.69 bits per heavy atom. The van der Waals surface area contributed by atoms with Crippen LogP contribution in [0.1, 0.15) is 18.1 Å². The van der Waals surface area contributed by atoms with Crippen molar-refractivity contribution >= 4 is 25.8 Å². The normalized spacial score (nSPS) is 19.8. The number of hydrogen-bond donors (Lipinski definition) is 0. The number of nitrogens with zero attached hydrogens (tertiary/aromatic N) is 2. The highest BCUT2D eigenvalue weighted by Gasteiger charge is 2.38. The molecular formula is C20H24N2O5S2. The molecule has 1 aliphatic heterocycles. The number of ketones is 1. The van der Waals surface area contributed by atoms with Gasteiger partial charge >= 0.3 is 0 Å². The van der Waals surface area contributed by atoms with Crippen LogP contribution in [0.2, 0.25) is 0 Å². The summed E-state index contributed by atoms with van der Waals surface area (Å²) in [5.74, 6) is -0.472. The first-order chi connectivity index (χ1) is 13.5. The number of carbonyl (C=O) groups is 1. The fourth-order valence-electron chi connectivity index (χ4n) is 3.24. The molecule has 0 aliphatic carbocycles. The Balaban J connectivity index is 1.92. The Labute approximate surface area is 172 Å². The average Bonchev–Trinajstić information content (AvgIpc) is 2.81. The molecular weight excluding hydrogens is 412 g/mol. The quantitative estimate of drug-likeness (QED) is 0.731. The maximum absolute atomic E-state index is 13.1. The van der Waals surface area contributed by atoms with E-state index in [1.165, 1.54) is 24.3 Å². The molecule has 156 valence electrons. The molecule has 0 bridgehead atoms. The molecule has 0 saturated carbocycles. The van der Waals surface area contributed by atoms with Gasteiger partial charge in [0.05, 0.1) is 22.9 Å². The Hall–Kier alpha value is -2.07. The van der Waals surface area contributed by atoms with Gasteiger partial charge in [-0.3, -0.25) is 4.79 Å². The van der Waals surface area contributed by atoms with Crippen molar-refractivity contribution in [2.45, 2.75) is 36.6 Å². The van der Waals surface area contributed by atoms with E-state index in [1.54, 1.807) is 31.2 Å². The van der Waals surface area contributed by atoms with E-state index in [1.807, 2.05) is 13.8 Å². The molecule has 1 saturated heterocycles. The van der Waals surface area contributed by atoms with Gasteiger partial charge in [-0.2, -0.15) is 8.61 Å². The second-order valence-electron chi connectivity index (χ2n) is 7.36. The van der Waals surface area contributed by atoms with Gasteiger partial charge in [0.2, 0.25) is 20.0 Å². The second-order valence-corrected chi connectivity index (χ2v) is 11.2. The first kappa shape index (κ1) is 21.6. The first-order valence-electron chi connectivity index (χ1n) is 9.19. The minimum absolute atomic E-state index is 0.0811. The van der Waals surface area contributed by atoms with Crippen molar-refractivity contribution in [3.05, 3.63) is 59.7 Å². The van der Waals surface area contributed by atoms with E-state index in [2.05, 4.69) is 0 Å². The number of sulfonamides is 2. The highest BCUT2D eigenvalue weighted by atomic mass is 32.2. The number of Topliss-reactive ketones (excluding diaryl/α,β-unsaturated/α-hetero) is 1. The molecule has 0 N–H and O–H groups in total. The van der Waals surface area contributed by atoms with Crippen LogP contribution < -0.4 is 0 Å². The monoisotopic (exact) mass is 436 g/mol. The van der Waals surface area contributed by atoms with Crippen LogP contribution >= 0.6 is 0 Å². The van der Waals surface area contributed by atoms with Gasteiger partial charge in [-0.1, -0.05) is 35.4 Å². The lowest BCUT2D eigenvalue weighted by Crippen LogP contribution is -2.44. The van der Waals surface area contributed by atoms with Gasteiger partial charge in [-0.25, -0.2) is 16.8 Å². The molecule has 0 unspecified atom stereocenters. The zero-order chi connectivity index (χ0) is 21.4. The van der Waals surface area contributed by atoms with Crippen LogP contribution in [0.5, 0.6) is 0 Å². The third kappa shape index (κ3) is 4.42. The minimum Gasteiger partial charge on any atom is -0.297 e. The predicted molar refractivity (Wildman–Crippen MR) is 109 cm³/mol. The van der Waals surface area contributed by atoms with Crippen LogP contribution in [0.25, 0.3) is 0 Å². The van der Waals surface area contributed by atoms with Crippen LogP contribution in [0.3, 0.4) is 0 Å². The summed E-state index contributed by atoms with van der Waals surface area (Å²) in [6, 6.07) is 12.0. The van der Waals surface area contributed by atoms with E-state index in [4.69, 9.17) is 0 Å². The lowest BCUT2D eigenvalue weighted by atomic mass is 10.2. The van der Waals surface area contributed by atoms with Gasteiger partial charge in [0.1, 0.15) is 0 Å². The fraction of sp³-hybridized carbons (Fsp3) is 0.350. The number of hydrogen-bond acceptors (Lipinski definition) is 5. The number of benzene rings is 2. The number of carbonyl (C=O) groups excluding carboxylic acids is 1. The molecule has 29 heavy (non-hydrogen) atoms. The molecule has 7 nitrogen and oxygen atoms in total. The maximum Gasteiger partial charge on any atom is 0.243 e. The van der Waals surface area contributed by atoms with Gasteiger partial charge in [-0.15, -0.1) is 0 Å². The Kier molecular flexibility index (Phi) is 5.96. The van der Waals surface area contributed by atoms with Crippen LogP contribution in [-0.4, -0.2) is 56.9 Å². The average molecular weight is 437 g/mol. The minimum atomic E-state index is -3.93. The molecule has 1 fully saturated rings. The topological polar surface area (TPSA) is 91.8 Å². The van der Waals surface area contributed by atoms with Gasteiger partial charge in [0.25, 0.3) is 0 Å². The molecule has 9 heteroatoms. The Morgan fingerprint density at radius 2 is 1.21 bits per heavy atom. The van der Waals surface area contributed by atoms with Crippen LogP contribution in [-0.2, 0) is 24.8 Å². The smallest absolute Gasteiger partial charge is 0.243 e. The van der Waals surface area contributed by atoms with E-state index in [-0.39, 0.29) is 29.4 Å². The van der Waals surface area contributed by atoms with Gasteiger partial charge in [-0.05, 0) is 45.0 Å². The highest BCUT2D eigenvalue weighted by molar-refractivity contribution is 7.89. The van der Waals surface area contributed by atoms with Crippen molar-refractivity contribution in [1.82, 2.24) is 8.61 Å². The van der Waals surface area contributed by atoms with E-state index in [0.717, 1.165) is 19.7 Å². The third-order valence-electron chi connectivity index (χ3n) is 4.93. The van der Waals surface area contributed by atoms with Crippen molar-refractivity contribution in [1.29, 1.82) is 0 Å². The van der Waals surface area contributed by atoms with E-state index >= 15 is 0 Å². The van der Waals surface area contributed by atoms with E-state index < -0.39 is 31.9 Å². The molecule has 0 amide bonds. The number of rotatable bonds is 4. The Morgan fingerprint density at radius 1 is 0.759 bits per heavy atom. The zero-order valence-electron chi connectivity index (χ0n) is 16.6. The van der Waals surface area contributed by atoms with Crippen molar-refractivity contribution in [2.24, 2.45) is 0 Å². The molecule has 0 aromatic heterocycles. The van der Waals surface area contributed by atoms with Crippen LogP contribution in [0.15, 0.2) is 58.3 Å². The molecule has 1 atom stereocenters. The van der Waals surface area contributed by atoms with Crippen molar-refractivity contribution in [2.75, 3.05) is 19.6 Å². The van der Waals surface area contributed by atoms with Crippen molar-refractivity contribution < 1.29 is 21.6 Å². The van der Waals surface area contributed by atoms with E-state index in [0.29, 0.717) is 0 Å². The van der Waals surface area contributed by atoms with Gasteiger partial charge in [0.15, 0.2) is 5.78 Å². The summed E-state index contributed by atoms with van der Waals surface area (Å²) in [6.07, 6.45) is 0. The first-order valence-corrected chi connectivity index (χ1v) is 12.1. The van der Waals surface area contributed by atoms with Crippen molar-refractivity contribution in [3.63, 3.8) is 0 Å². The molecule has 3 rings (SSSR count). The van der Waals surface area contributed by atoms with Gasteiger partial charge in [0, 0.05) is 12.6 Å². The lowest BCUT2D eigenvalue weighted by Gasteiger charge is -2.27. The standard InChI is InChI=1S/C20H24N2O5S2/c1-15-4-8-19(9-5-15)28(24,25)21-12-17(3)22(14-18(23)13-21)29(26,27)20-10-6-16(2)7-11-20/h4-11,17H,12-14H2,1-3H3/t17-/m1/s1. The molecule has 1 heterocycles. The highest BCUT2D eigenvalue weighted by Crippen LogP contribution is 2.24. The summed E-state index contributed by atoms with van der Waals surface area (Å²) in [5.41, 5.74) is 1.83.